The van der Waals surface area contributed by atoms with Crippen molar-refractivity contribution < 1.29 is 5.11 Å². The number of hydrogen-bond acceptors (Lipinski definition) is 5. The zero-order valence-corrected chi connectivity index (χ0v) is 8.12. The third-order valence-electron chi connectivity index (χ3n) is 2.28. The normalized spacial score (nSPS) is 18.7. The minimum absolute atomic E-state index is 0.524. The zero-order valence-electron chi connectivity index (χ0n) is 8.12. The molecule has 0 unspecified atom stereocenters. The molecule has 0 aliphatic carbocycles. The molecule has 0 spiro atoms. The fraction of sp³-hybridized carbons (Fsp3) is 0.556. The average Bonchev–Trinajstić information content (AvgIpc) is 2.12. The maximum Gasteiger partial charge on any atom is 0.129 e. The number of rotatable bonds is 3. The van der Waals surface area contributed by atoms with Gasteiger partial charge in [0.25, 0.3) is 0 Å². The van der Waals surface area contributed by atoms with E-state index < -0.39 is 5.60 Å². The molecule has 2 heterocycles. The van der Waals surface area contributed by atoms with E-state index in [2.05, 4.69) is 20.6 Å². The zero-order chi connectivity index (χ0) is 10.0. The van der Waals surface area contributed by atoms with Gasteiger partial charge < -0.3 is 15.7 Å². The number of nitrogens with one attached hydrogen (secondary N) is 2. The summed E-state index contributed by atoms with van der Waals surface area (Å²) in [5, 5.41) is 15.9. The van der Waals surface area contributed by atoms with E-state index in [-0.39, 0.29) is 0 Å². The average molecular weight is 194 g/mol. The van der Waals surface area contributed by atoms with Crippen molar-refractivity contribution in [2.45, 2.75) is 12.5 Å². The van der Waals surface area contributed by atoms with E-state index in [1.807, 2.05) is 6.92 Å². The Bertz CT molecular complexity index is 324. The maximum atomic E-state index is 9.77. The van der Waals surface area contributed by atoms with Crippen molar-refractivity contribution in [1.82, 2.24) is 15.3 Å². The fourth-order valence-corrected chi connectivity index (χ4v) is 1.35. The van der Waals surface area contributed by atoms with Crippen LogP contribution < -0.4 is 10.6 Å². The van der Waals surface area contributed by atoms with Gasteiger partial charge in [0, 0.05) is 25.8 Å². The molecule has 0 atom stereocenters. The van der Waals surface area contributed by atoms with Gasteiger partial charge in [-0.3, -0.25) is 0 Å². The van der Waals surface area contributed by atoms with Crippen molar-refractivity contribution in [2.75, 3.05) is 25.0 Å². The first-order valence-corrected chi connectivity index (χ1v) is 4.65. The summed E-state index contributed by atoms with van der Waals surface area (Å²) in [6.07, 6.45) is 1.70. The van der Waals surface area contributed by atoms with Crippen molar-refractivity contribution in [3.05, 3.63) is 18.1 Å². The highest BCUT2D eigenvalue weighted by molar-refractivity contribution is 5.33. The largest absolute Gasteiger partial charge is 0.385 e. The van der Waals surface area contributed by atoms with Gasteiger partial charge in [0.1, 0.15) is 17.2 Å². The standard InChI is InChI=1S/C9H14N4O/c1-7-11-3-2-8(13-7)12-6-9(14)4-10-5-9/h2-3,10,14H,4-6H2,1H3,(H,11,12,13). The number of nitrogens with zero attached hydrogens (tertiary/aromatic N) is 2. The summed E-state index contributed by atoms with van der Waals surface area (Å²) in [5.41, 5.74) is -0.612. The lowest BCUT2D eigenvalue weighted by molar-refractivity contribution is 0.00305. The van der Waals surface area contributed by atoms with Crippen LogP contribution in [0, 0.1) is 6.92 Å². The summed E-state index contributed by atoms with van der Waals surface area (Å²) in [6, 6.07) is 1.79. The fourth-order valence-electron chi connectivity index (χ4n) is 1.35. The lowest BCUT2D eigenvalue weighted by Crippen LogP contribution is -2.63. The quantitative estimate of drug-likeness (QED) is 0.607. The van der Waals surface area contributed by atoms with Gasteiger partial charge >= 0.3 is 0 Å². The van der Waals surface area contributed by atoms with Gasteiger partial charge in [0.05, 0.1) is 0 Å². The smallest absolute Gasteiger partial charge is 0.129 e. The third kappa shape index (κ3) is 2.00. The molecule has 1 aliphatic rings. The Kier molecular flexibility index (Phi) is 2.35. The Morgan fingerprint density at radius 1 is 1.64 bits per heavy atom. The number of hydrogen-bond donors (Lipinski definition) is 3. The second-order valence-corrected chi connectivity index (χ2v) is 3.67. The minimum atomic E-state index is -0.612. The van der Waals surface area contributed by atoms with E-state index in [1.54, 1.807) is 12.3 Å². The van der Waals surface area contributed by atoms with Crippen LogP contribution in [0.4, 0.5) is 5.82 Å². The van der Waals surface area contributed by atoms with Crippen LogP contribution in [0.2, 0.25) is 0 Å². The third-order valence-corrected chi connectivity index (χ3v) is 2.28. The molecule has 5 heteroatoms. The second kappa shape index (κ2) is 3.51. The second-order valence-electron chi connectivity index (χ2n) is 3.67. The lowest BCUT2D eigenvalue weighted by atomic mass is 9.97. The first-order valence-electron chi connectivity index (χ1n) is 4.65. The van der Waals surface area contributed by atoms with E-state index in [9.17, 15) is 5.11 Å². The SMILES string of the molecule is Cc1nccc(NCC2(O)CNC2)n1. The van der Waals surface area contributed by atoms with Gasteiger partial charge in [-0.1, -0.05) is 0 Å². The number of aromatic nitrogens is 2. The van der Waals surface area contributed by atoms with Crippen LogP contribution in [-0.2, 0) is 0 Å². The maximum absolute atomic E-state index is 9.77. The molecule has 0 amide bonds. The van der Waals surface area contributed by atoms with Crippen LogP contribution in [0.25, 0.3) is 0 Å². The van der Waals surface area contributed by atoms with Gasteiger partial charge in [0.15, 0.2) is 0 Å². The van der Waals surface area contributed by atoms with Crippen molar-refractivity contribution in [3.8, 4) is 0 Å². The van der Waals surface area contributed by atoms with Crippen molar-refractivity contribution in [1.29, 1.82) is 0 Å². The van der Waals surface area contributed by atoms with Crippen molar-refractivity contribution in [2.24, 2.45) is 0 Å². The van der Waals surface area contributed by atoms with Gasteiger partial charge in [-0.05, 0) is 13.0 Å². The highest BCUT2D eigenvalue weighted by Gasteiger charge is 2.33. The molecule has 1 fully saturated rings. The van der Waals surface area contributed by atoms with E-state index in [0.717, 1.165) is 11.6 Å². The molecule has 0 radical (unpaired) electrons. The Balaban J connectivity index is 1.91. The van der Waals surface area contributed by atoms with E-state index >= 15 is 0 Å². The number of β-amino-alcohol motifs (C(OH)–C–C–N with tert-alkyl or cyclic N) is 1. The molecule has 1 aromatic rings. The van der Waals surface area contributed by atoms with Crippen LogP contribution >= 0.6 is 0 Å². The van der Waals surface area contributed by atoms with Crippen LogP contribution in [0.5, 0.6) is 0 Å². The minimum Gasteiger partial charge on any atom is -0.385 e. The van der Waals surface area contributed by atoms with Gasteiger partial charge in [-0.25, -0.2) is 9.97 Å². The molecule has 0 bridgehead atoms. The predicted octanol–water partition coefficient (Wildman–Crippen LogP) is -0.469. The number of aryl methyl sites for hydroxylation is 1. The molecule has 76 valence electrons. The first kappa shape index (κ1) is 9.36. The van der Waals surface area contributed by atoms with Crippen LogP contribution in [0.3, 0.4) is 0 Å². The molecule has 0 saturated carbocycles. The Labute approximate surface area is 82.6 Å². The van der Waals surface area contributed by atoms with E-state index in [4.69, 9.17) is 0 Å². The van der Waals surface area contributed by atoms with Crippen molar-refractivity contribution >= 4 is 5.82 Å². The highest BCUT2D eigenvalue weighted by atomic mass is 16.3. The predicted molar refractivity (Wildman–Crippen MR) is 53.1 cm³/mol. The molecular formula is C9H14N4O. The molecule has 2 rings (SSSR count). The summed E-state index contributed by atoms with van der Waals surface area (Å²) in [5.74, 6) is 1.49. The molecule has 5 nitrogen and oxygen atoms in total. The van der Waals surface area contributed by atoms with Crippen LogP contribution in [-0.4, -0.2) is 40.3 Å². The Morgan fingerprint density at radius 3 is 3.00 bits per heavy atom. The molecule has 1 aliphatic heterocycles. The van der Waals surface area contributed by atoms with Gasteiger partial charge in [0.2, 0.25) is 0 Å². The topological polar surface area (TPSA) is 70.1 Å². The summed E-state index contributed by atoms with van der Waals surface area (Å²) in [6.45, 7) is 3.65. The highest BCUT2D eigenvalue weighted by Crippen LogP contribution is 2.11. The molecular weight excluding hydrogens is 180 g/mol. The van der Waals surface area contributed by atoms with Gasteiger partial charge in [-0.15, -0.1) is 0 Å². The van der Waals surface area contributed by atoms with Crippen LogP contribution in [0.15, 0.2) is 12.3 Å². The summed E-state index contributed by atoms with van der Waals surface area (Å²) < 4.78 is 0. The number of aliphatic hydroxyl groups is 1. The molecule has 1 saturated heterocycles. The summed E-state index contributed by atoms with van der Waals surface area (Å²) in [4.78, 5) is 8.17. The van der Waals surface area contributed by atoms with Crippen LogP contribution in [0.1, 0.15) is 5.82 Å². The van der Waals surface area contributed by atoms with E-state index in [1.165, 1.54) is 0 Å². The summed E-state index contributed by atoms with van der Waals surface area (Å²) in [7, 11) is 0. The van der Waals surface area contributed by atoms with Gasteiger partial charge in [-0.2, -0.15) is 0 Å². The number of anilines is 1. The van der Waals surface area contributed by atoms with E-state index in [0.29, 0.717) is 19.6 Å². The Hall–Kier alpha value is -1.20. The lowest BCUT2D eigenvalue weighted by Gasteiger charge is -2.37. The molecule has 0 aromatic carbocycles. The Morgan fingerprint density at radius 2 is 2.43 bits per heavy atom. The first-order chi connectivity index (χ1) is 6.68. The molecule has 3 N–H and O–H groups in total. The monoisotopic (exact) mass is 194 g/mol. The summed E-state index contributed by atoms with van der Waals surface area (Å²) >= 11 is 0. The molecule has 14 heavy (non-hydrogen) atoms. The molecule has 1 aromatic heterocycles. The van der Waals surface area contributed by atoms with Crippen molar-refractivity contribution in [3.63, 3.8) is 0 Å².